The monoisotopic (exact) mass is 402 g/mol. The van der Waals surface area contributed by atoms with Gasteiger partial charge in [-0.3, -0.25) is 18.9 Å². The quantitative estimate of drug-likeness (QED) is 0.316. The van der Waals surface area contributed by atoms with Gasteiger partial charge in [-0.25, -0.2) is 4.98 Å². The number of nitrogens with one attached hydrogen (secondary N) is 1. The van der Waals surface area contributed by atoms with E-state index in [9.17, 15) is 9.59 Å². The SMILES string of the molecule is C=CCN1C(=O)/C(=C\c2c(NCCCO)nc3ccccn3c2=O)SC1=S. The van der Waals surface area contributed by atoms with Gasteiger partial charge in [0.2, 0.25) is 0 Å². The van der Waals surface area contributed by atoms with Crippen molar-refractivity contribution in [1.82, 2.24) is 14.3 Å². The lowest BCUT2D eigenvalue weighted by Gasteiger charge is -2.11. The molecule has 0 aromatic carbocycles. The van der Waals surface area contributed by atoms with Crippen LogP contribution in [0.2, 0.25) is 0 Å². The highest BCUT2D eigenvalue weighted by atomic mass is 32.2. The lowest BCUT2D eigenvalue weighted by molar-refractivity contribution is -0.121. The van der Waals surface area contributed by atoms with Gasteiger partial charge in [0.1, 0.15) is 15.8 Å². The zero-order chi connectivity index (χ0) is 19.4. The predicted molar refractivity (Wildman–Crippen MR) is 112 cm³/mol. The summed E-state index contributed by atoms with van der Waals surface area (Å²) >= 11 is 6.39. The largest absolute Gasteiger partial charge is 0.396 e. The Kier molecular flexibility index (Phi) is 6.04. The number of pyridine rings is 1. The standard InChI is InChI=1S/C18H18N4O3S2/c1-2-8-22-17(25)13(27-18(22)26)11-12-15(19-7-5-10-23)20-14-6-3-4-9-21(14)16(12)24/h2-4,6,9,11,19,23H,1,5,7-8,10H2/b13-11+. The van der Waals surface area contributed by atoms with E-state index in [4.69, 9.17) is 17.3 Å². The number of hydrogen-bond donors (Lipinski definition) is 2. The van der Waals surface area contributed by atoms with Crippen molar-refractivity contribution in [1.29, 1.82) is 0 Å². The Balaban J connectivity index is 2.09. The highest BCUT2D eigenvalue weighted by molar-refractivity contribution is 8.26. The van der Waals surface area contributed by atoms with Gasteiger partial charge in [-0.15, -0.1) is 6.58 Å². The Bertz CT molecular complexity index is 1000. The second kappa shape index (κ2) is 8.47. The molecule has 3 heterocycles. The zero-order valence-electron chi connectivity index (χ0n) is 14.4. The second-order valence-electron chi connectivity index (χ2n) is 5.69. The fourth-order valence-corrected chi connectivity index (χ4v) is 3.83. The molecular formula is C18H18N4O3S2. The topological polar surface area (TPSA) is 86.9 Å². The Labute approximate surface area is 165 Å². The molecule has 0 spiro atoms. The average Bonchev–Trinajstić information content (AvgIpc) is 2.93. The molecule has 0 bridgehead atoms. The molecule has 7 nitrogen and oxygen atoms in total. The fourth-order valence-electron chi connectivity index (χ4n) is 2.57. The van der Waals surface area contributed by atoms with E-state index < -0.39 is 0 Å². The number of carbonyl (C=O) groups excluding carboxylic acids is 1. The van der Waals surface area contributed by atoms with E-state index in [2.05, 4.69) is 16.9 Å². The molecule has 1 amide bonds. The number of fused-ring (bicyclic) bond motifs is 1. The van der Waals surface area contributed by atoms with Crippen LogP contribution in [0.1, 0.15) is 12.0 Å². The van der Waals surface area contributed by atoms with Crippen LogP contribution in [0.15, 0.2) is 46.8 Å². The summed E-state index contributed by atoms with van der Waals surface area (Å²) in [4.78, 5) is 31.8. The van der Waals surface area contributed by atoms with Crippen LogP contribution < -0.4 is 10.9 Å². The smallest absolute Gasteiger partial charge is 0.267 e. The van der Waals surface area contributed by atoms with E-state index >= 15 is 0 Å². The van der Waals surface area contributed by atoms with Crippen molar-refractivity contribution in [3.05, 3.63) is 57.9 Å². The summed E-state index contributed by atoms with van der Waals surface area (Å²) in [6.07, 6.45) is 5.26. The average molecular weight is 403 g/mol. The first-order chi connectivity index (χ1) is 13.1. The third-order valence-electron chi connectivity index (χ3n) is 3.86. The van der Waals surface area contributed by atoms with Gasteiger partial charge in [0.05, 0.1) is 10.5 Å². The van der Waals surface area contributed by atoms with Gasteiger partial charge in [0.15, 0.2) is 0 Å². The Morgan fingerprint density at radius 2 is 2.19 bits per heavy atom. The highest BCUT2D eigenvalue weighted by Crippen LogP contribution is 2.32. The number of anilines is 1. The van der Waals surface area contributed by atoms with Gasteiger partial charge in [0.25, 0.3) is 11.5 Å². The van der Waals surface area contributed by atoms with Crippen molar-refractivity contribution in [2.45, 2.75) is 6.42 Å². The summed E-state index contributed by atoms with van der Waals surface area (Å²) in [5, 5.41) is 12.1. The summed E-state index contributed by atoms with van der Waals surface area (Å²) in [5.41, 5.74) is 0.474. The van der Waals surface area contributed by atoms with Crippen LogP contribution in [0.4, 0.5) is 5.82 Å². The van der Waals surface area contributed by atoms with Gasteiger partial charge >= 0.3 is 0 Å². The Hall–Kier alpha value is -2.49. The number of thioether (sulfide) groups is 1. The Morgan fingerprint density at radius 3 is 2.93 bits per heavy atom. The maximum Gasteiger partial charge on any atom is 0.267 e. The van der Waals surface area contributed by atoms with E-state index in [1.54, 1.807) is 30.5 Å². The molecule has 0 atom stereocenters. The molecule has 2 N–H and O–H groups in total. The third-order valence-corrected chi connectivity index (χ3v) is 5.23. The second-order valence-corrected chi connectivity index (χ2v) is 7.37. The molecule has 1 aliphatic rings. The van der Waals surface area contributed by atoms with Crippen LogP contribution in [0.3, 0.4) is 0 Å². The molecule has 9 heteroatoms. The first-order valence-electron chi connectivity index (χ1n) is 8.29. The van der Waals surface area contributed by atoms with Crippen LogP contribution >= 0.6 is 24.0 Å². The van der Waals surface area contributed by atoms with E-state index in [0.717, 1.165) is 11.8 Å². The van der Waals surface area contributed by atoms with E-state index in [1.165, 1.54) is 15.4 Å². The summed E-state index contributed by atoms with van der Waals surface area (Å²) < 4.78 is 1.85. The molecule has 2 aromatic rings. The van der Waals surface area contributed by atoms with Gasteiger partial charge < -0.3 is 10.4 Å². The number of carbonyl (C=O) groups is 1. The van der Waals surface area contributed by atoms with Crippen LogP contribution in [-0.2, 0) is 4.79 Å². The lowest BCUT2D eigenvalue weighted by atomic mass is 10.2. The fraction of sp³-hybridized carbons (Fsp3) is 0.222. The van der Waals surface area contributed by atoms with Crippen LogP contribution in [0, 0.1) is 0 Å². The Morgan fingerprint density at radius 1 is 1.37 bits per heavy atom. The molecule has 0 radical (unpaired) electrons. The van der Waals surface area contributed by atoms with Crippen molar-refractivity contribution < 1.29 is 9.90 Å². The van der Waals surface area contributed by atoms with Gasteiger partial charge in [-0.1, -0.05) is 36.1 Å². The number of hydrogen-bond acceptors (Lipinski definition) is 7. The predicted octanol–water partition coefficient (Wildman–Crippen LogP) is 1.88. The number of thiocarbonyl (C=S) groups is 1. The molecule has 0 saturated carbocycles. The number of aromatic nitrogens is 2. The minimum atomic E-state index is -0.291. The zero-order valence-corrected chi connectivity index (χ0v) is 16.1. The van der Waals surface area contributed by atoms with Crippen LogP contribution in [0.5, 0.6) is 0 Å². The van der Waals surface area contributed by atoms with E-state index in [1.807, 2.05) is 0 Å². The van der Waals surface area contributed by atoms with Crippen LogP contribution in [0.25, 0.3) is 11.7 Å². The summed E-state index contributed by atoms with van der Waals surface area (Å²) in [6.45, 7) is 4.42. The maximum atomic E-state index is 13.0. The highest BCUT2D eigenvalue weighted by Gasteiger charge is 2.31. The minimum absolute atomic E-state index is 0.0229. The van der Waals surface area contributed by atoms with Crippen molar-refractivity contribution in [2.75, 3.05) is 25.0 Å². The molecule has 1 aliphatic heterocycles. The molecule has 1 fully saturated rings. The van der Waals surface area contributed by atoms with Crippen LogP contribution in [-0.4, -0.2) is 49.3 Å². The normalized spacial score (nSPS) is 15.7. The molecular weight excluding hydrogens is 384 g/mol. The number of amides is 1. The molecule has 27 heavy (non-hydrogen) atoms. The number of aliphatic hydroxyl groups excluding tert-OH is 1. The molecule has 2 aromatic heterocycles. The summed E-state index contributed by atoms with van der Waals surface area (Å²) in [7, 11) is 0. The van der Waals surface area contributed by atoms with Gasteiger partial charge in [-0.05, 0) is 24.6 Å². The van der Waals surface area contributed by atoms with Crippen molar-refractivity contribution in [2.24, 2.45) is 0 Å². The first kappa shape index (κ1) is 19.3. The van der Waals surface area contributed by atoms with E-state index in [0.29, 0.717) is 40.2 Å². The molecule has 140 valence electrons. The van der Waals surface area contributed by atoms with Crippen molar-refractivity contribution in [3.8, 4) is 0 Å². The molecule has 0 unspecified atom stereocenters. The van der Waals surface area contributed by atoms with Gasteiger partial charge in [0, 0.05) is 25.9 Å². The van der Waals surface area contributed by atoms with E-state index in [-0.39, 0.29) is 23.6 Å². The molecule has 0 aliphatic carbocycles. The number of nitrogens with zero attached hydrogens (tertiary/aromatic N) is 3. The number of rotatable bonds is 7. The van der Waals surface area contributed by atoms with Gasteiger partial charge in [-0.2, -0.15) is 0 Å². The maximum absolute atomic E-state index is 13.0. The minimum Gasteiger partial charge on any atom is -0.396 e. The summed E-state index contributed by atoms with van der Waals surface area (Å²) in [5.74, 6) is 0.109. The third kappa shape index (κ3) is 3.95. The van der Waals surface area contributed by atoms with Crippen molar-refractivity contribution in [3.63, 3.8) is 0 Å². The van der Waals surface area contributed by atoms with Crippen molar-refractivity contribution >= 4 is 51.7 Å². The summed E-state index contributed by atoms with van der Waals surface area (Å²) in [6, 6.07) is 5.26. The first-order valence-corrected chi connectivity index (χ1v) is 9.51. The molecule has 3 rings (SSSR count). The number of aliphatic hydroxyl groups is 1. The molecule has 1 saturated heterocycles. The lowest BCUT2D eigenvalue weighted by Crippen LogP contribution is -2.28.